The molecule has 1 atom stereocenters. The molecule has 114 valence electrons. The molecule has 1 aromatic carbocycles. The predicted octanol–water partition coefficient (Wildman–Crippen LogP) is 4.60. The van der Waals surface area contributed by atoms with Gasteiger partial charge in [0.15, 0.2) is 0 Å². The highest BCUT2D eigenvalue weighted by Gasteiger charge is 2.22. The van der Waals surface area contributed by atoms with Crippen LogP contribution in [0.1, 0.15) is 39.5 Å². The number of nitrogens with one attached hydrogen (secondary N) is 1. The second kappa shape index (κ2) is 7.10. The zero-order valence-electron chi connectivity index (χ0n) is 12.8. The minimum absolute atomic E-state index is 0.118. The first kappa shape index (κ1) is 16.1. The number of unbranched alkanes of at least 4 members (excludes halogenated alkanes) is 2. The van der Waals surface area contributed by atoms with Crippen molar-refractivity contribution in [2.24, 2.45) is 5.73 Å². The van der Waals surface area contributed by atoms with E-state index in [4.69, 9.17) is 17.3 Å². The quantitative estimate of drug-likeness (QED) is 0.735. The van der Waals surface area contributed by atoms with E-state index in [0.29, 0.717) is 6.54 Å². The van der Waals surface area contributed by atoms with E-state index in [-0.39, 0.29) is 5.54 Å². The number of hydrogen-bond acceptors (Lipinski definition) is 3. The number of aromatic nitrogens is 1. The molecule has 0 saturated heterocycles. The molecule has 21 heavy (non-hydrogen) atoms. The lowest BCUT2D eigenvalue weighted by Gasteiger charge is -2.31. The van der Waals surface area contributed by atoms with Crippen LogP contribution in [0, 0.1) is 0 Å². The number of nitrogens with two attached hydrogens (primary N) is 1. The number of anilines is 1. The normalized spacial score (nSPS) is 14.1. The Bertz CT molecular complexity index is 600. The summed E-state index contributed by atoms with van der Waals surface area (Å²) in [6.45, 7) is 4.98. The zero-order chi connectivity index (χ0) is 15.3. The fourth-order valence-electron chi connectivity index (χ4n) is 2.54. The van der Waals surface area contributed by atoms with Crippen molar-refractivity contribution in [1.82, 2.24) is 4.98 Å². The summed E-state index contributed by atoms with van der Waals surface area (Å²) in [5.74, 6) is 0. The van der Waals surface area contributed by atoms with Crippen molar-refractivity contribution < 1.29 is 0 Å². The molecule has 3 N–H and O–H groups in total. The van der Waals surface area contributed by atoms with E-state index < -0.39 is 0 Å². The van der Waals surface area contributed by atoms with Gasteiger partial charge in [-0.25, -0.2) is 0 Å². The van der Waals surface area contributed by atoms with Crippen LogP contribution >= 0.6 is 11.6 Å². The van der Waals surface area contributed by atoms with Gasteiger partial charge in [0.05, 0.1) is 16.2 Å². The molecular formula is C17H24ClN3. The van der Waals surface area contributed by atoms with E-state index >= 15 is 0 Å². The Morgan fingerprint density at radius 3 is 2.81 bits per heavy atom. The molecule has 0 amide bonds. The van der Waals surface area contributed by atoms with Gasteiger partial charge in [0.25, 0.3) is 0 Å². The SMILES string of the molecule is CCCCCC(C)(CN)Nc1ccc(Cl)c2cccnc12. The van der Waals surface area contributed by atoms with Gasteiger partial charge in [-0.1, -0.05) is 37.8 Å². The van der Waals surface area contributed by atoms with Gasteiger partial charge >= 0.3 is 0 Å². The Hall–Kier alpha value is -1.32. The molecule has 0 fully saturated rings. The van der Waals surface area contributed by atoms with Gasteiger partial charge in [-0.2, -0.15) is 0 Å². The second-order valence-electron chi connectivity index (χ2n) is 5.84. The summed E-state index contributed by atoms with van der Waals surface area (Å²) >= 11 is 6.24. The van der Waals surface area contributed by atoms with Crippen molar-refractivity contribution in [1.29, 1.82) is 0 Å². The van der Waals surface area contributed by atoms with Crippen LogP contribution in [0.25, 0.3) is 10.9 Å². The van der Waals surface area contributed by atoms with E-state index in [1.807, 2.05) is 24.3 Å². The first-order valence-electron chi connectivity index (χ1n) is 7.61. The van der Waals surface area contributed by atoms with Crippen LogP contribution in [0.3, 0.4) is 0 Å². The van der Waals surface area contributed by atoms with Gasteiger partial charge in [0.2, 0.25) is 0 Å². The predicted molar refractivity (Wildman–Crippen MR) is 92.0 cm³/mol. The molecule has 0 bridgehead atoms. The summed E-state index contributed by atoms with van der Waals surface area (Å²) in [6, 6.07) is 7.80. The van der Waals surface area contributed by atoms with Crippen LogP contribution in [0.15, 0.2) is 30.5 Å². The fourth-order valence-corrected chi connectivity index (χ4v) is 2.76. The Morgan fingerprint density at radius 1 is 1.29 bits per heavy atom. The molecule has 2 aromatic rings. The van der Waals surface area contributed by atoms with Crippen molar-refractivity contribution in [2.45, 2.75) is 45.1 Å². The largest absolute Gasteiger partial charge is 0.377 e. The lowest BCUT2D eigenvalue weighted by molar-refractivity contribution is 0.455. The molecule has 3 nitrogen and oxygen atoms in total. The van der Waals surface area contributed by atoms with E-state index in [1.165, 1.54) is 19.3 Å². The molecule has 1 heterocycles. The second-order valence-corrected chi connectivity index (χ2v) is 6.25. The standard InChI is InChI=1S/C17H24ClN3/c1-3-4-5-10-17(2,12-19)21-15-9-8-14(18)13-7-6-11-20-16(13)15/h6-9,11,21H,3-5,10,12,19H2,1-2H3. The number of fused-ring (bicyclic) bond motifs is 1. The number of benzene rings is 1. The molecule has 0 aliphatic heterocycles. The number of rotatable bonds is 7. The number of halogens is 1. The summed E-state index contributed by atoms with van der Waals surface area (Å²) in [5, 5.41) is 5.28. The number of hydrogen-bond donors (Lipinski definition) is 2. The third-order valence-corrected chi connectivity index (χ3v) is 4.27. The van der Waals surface area contributed by atoms with E-state index in [2.05, 4.69) is 24.1 Å². The topological polar surface area (TPSA) is 50.9 Å². The average molecular weight is 306 g/mol. The zero-order valence-corrected chi connectivity index (χ0v) is 13.6. The van der Waals surface area contributed by atoms with Crippen molar-refractivity contribution in [2.75, 3.05) is 11.9 Å². The molecule has 4 heteroatoms. The smallest absolute Gasteiger partial charge is 0.0948 e. The van der Waals surface area contributed by atoms with Gasteiger partial charge < -0.3 is 11.1 Å². The molecule has 1 unspecified atom stereocenters. The summed E-state index contributed by atoms with van der Waals surface area (Å²) in [7, 11) is 0. The van der Waals surface area contributed by atoms with Crippen LogP contribution < -0.4 is 11.1 Å². The fraction of sp³-hybridized carbons (Fsp3) is 0.471. The van der Waals surface area contributed by atoms with Gasteiger partial charge in [-0.05, 0) is 37.6 Å². The number of pyridine rings is 1. The van der Waals surface area contributed by atoms with E-state index in [0.717, 1.165) is 28.0 Å². The third kappa shape index (κ3) is 3.86. The highest BCUT2D eigenvalue weighted by molar-refractivity contribution is 6.35. The summed E-state index contributed by atoms with van der Waals surface area (Å²) in [6.07, 6.45) is 6.47. The van der Waals surface area contributed by atoms with E-state index in [1.54, 1.807) is 6.20 Å². The van der Waals surface area contributed by atoms with Gasteiger partial charge in [-0.15, -0.1) is 0 Å². The van der Waals surface area contributed by atoms with Crippen LogP contribution in [0.4, 0.5) is 5.69 Å². The Labute approximate surface area is 131 Å². The Morgan fingerprint density at radius 2 is 2.10 bits per heavy atom. The molecule has 0 radical (unpaired) electrons. The Balaban J connectivity index is 2.27. The molecule has 0 aliphatic rings. The summed E-state index contributed by atoms with van der Waals surface area (Å²) in [5.41, 5.74) is 7.79. The van der Waals surface area contributed by atoms with Gasteiger partial charge in [0, 0.05) is 23.7 Å². The van der Waals surface area contributed by atoms with Crippen LogP contribution in [-0.2, 0) is 0 Å². The monoisotopic (exact) mass is 305 g/mol. The van der Waals surface area contributed by atoms with Crippen LogP contribution in [-0.4, -0.2) is 17.1 Å². The average Bonchev–Trinajstić information content (AvgIpc) is 2.51. The van der Waals surface area contributed by atoms with Crippen LogP contribution in [0.2, 0.25) is 5.02 Å². The van der Waals surface area contributed by atoms with Crippen molar-refractivity contribution in [3.63, 3.8) is 0 Å². The first-order chi connectivity index (χ1) is 10.1. The molecule has 1 aromatic heterocycles. The number of nitrogens with zero attached hydrogens (tertiary/aromatic N) is 1. The van der Waals surface area contributed by atoms with Crippen LogP contribution in [0.5, 0.6) is 0 Å². The highest BCUT2D eigenvalue weighted by Crippen LogP contribution is 2.30. The maximum Gasteiger partial charge on any atom is 0.0948 e. The Kier molecular flexibility index (Phi) is 5.43. The summed E-state index contributed by atoms with van der Waals surface area (Å²) < 4.78 is 0. The molecule has 0 aliphatic carbocycles. The lowest BCUT2D eigenvalue weighted by atomic mass is 9.93. The minimum Gasteiger partial charge on any atom is -0.377 e. The molecule has 0 spiro atoms. The van der Waals surface area contributed by atoms with Crippen molar-refractivity contribution in [3.05, 3.63) is 35.5 Å². The van der Waals surface area contributed by atoms with E-state index in [9.17, 15) is 0 Å². The maximum atomic E-state index is 6.24. The maximum absolute atomic E-state index is 6.24. The van der Waals surface area contributed by atoms with Gasteiger partial charge in [0.1, 0.15) is 0 Å². The summed E-state index contributed by atoms with van der Waals surface area (Å²) in [4.78, 5) is 4.47. The lowest BCUT2D eigenvalue weighted by Crippen LogP contribution is -2.42. The van der Waals surface area contributed by atoms with Crippen molar-refractivity contribution >= 4 is 28.2 Å². The van der Waals surface area contributed by atoms with Crippen molar-refractivity contribution in [3.8, 4) is 0 Å². The molecule has 0 saturated carbocycles. The third-order valence-electron chi connectivity index (χ3n) is 3.94. The first-order valence-corrected chi connectivity index (χ1v) is 7.99. The molecule has 2 rings (SSSR count). The highest BCUT2D eigenvalue weighted by atomic mass is 35.5. The molecular weight excluding hydrogens is 282 g/mol. The van der Waals surface area contributed by atoms with Gasteiger partial charge in [-0.3, -0.25) is 4.98 Å². The minimum atomic E-state index is -0.118.